The number of nitrogens with one attached hydrogen (secondary N) is 1. The molecule has 7 rings (SSSR count). The number of nitro groups is 1. The topological polar surface area (TPSA) is 81.5 Å². The quantitative estimate of drug-likeness (QED) is 0.0395. The lowest BCUT2D eigenvalue weighted by molar-refractivity contribution is -0.384. The smallest absolute Gasteiger partial charge is 0.329 e. The fourth-order valence-electron chi connectivity index (χ4n) is 7.04. The van der Waals surface area contributed by atoms with Crippen molar-refractivity contribution in [2.75, 3.05) is 5.75 Å². The third kappa shape index (κ3) is 7.46. The Kier molecular flexibility index (Phi) is 11.1. The van der Waals surface area contributed by atoms with Crippen molar-refractivity contribution in [3.05, 3.63) is 250 Å². The summed E-state index contributed by atoms with van der Waals surface area (Å²) in [6.07, 6.45) is 0. The van der Waals surface area contributed by atoms with Crippen molar-refractivity contribution in [3.8, 4) is 5.75 Å². The number of nitrogens with zero attached hydrogens (tertiary/aromatic N) is 1. The maximum atomic E-state index is 14.8. The largest absolute Gasteiger partial charge is 0.425 e. The molecule has 54 heavy (non-hydrogen) atoms. The second-order valence-electron chi connectivity index (χ2n) is 12.8. The molecule has 7 aromatic rings. The van der Waals surface area contributed by atoms with E-state index < -0.39 is 27.2 Å². The van der Waals surface area contributed by atoms with Crippen molar-refractivity contribution in [1.29, 1.82) is 0 Å². The van der Waals surface area contributed by atoms with Crippen LogP contribution in [0.4, 0.5) is 5.69 Å². The van der Waals surface area contributed by atoms with Crippen LogP contribution in [0, 0.1) is 10.1 Å². The van der Waals surface area contributed by atoms with E-state index in [4.69, 9.17) is 4.74 Å². The van der Waals surface area contributed by atoms with Gasteiger partial charge in [0.2, 0.25) is 0 Å². The number of non-ortho nitro benzene ring substituents is 1. The van der Waals surface area contributed by atoms with Crippen molar-refractivity contribution in [2.24, 2.45) is 0 Å². The second-order valence-corrected chi connectivity index (χ2v) is 14.0. The van der Waals surface area contributed by atoms with Gasteiger partial charge in [0, 0.05) is 17.9 Å². The Morgan fingerprint density at radius 3 is 1.20 bits per heavy atom. The molecule has 0 bridgehead atoms. The number of hydrogen-bond donors (Lipinski definition) is 1. The number of thioether (sulfide) groups is 1. The van der Waals surface area contributed by atoms with Gasteiger partial charge in [-0.2, -0.15) is 0 Å². The molecule has 1 atom stereocenters. The Morgan fingerprint density at radius 2 is 0.870 bits per heavy atom. The molecule has 1 N–H and O–H groups in total. The number of esters is 1. The minimum atomic E-state index is -0.988. The molecular formula is C47H38N2O4S. The standard InChI is InChI=1S/C47H38N2O4S/c50-45(53-43-33-31-42(32-34-43)49(51)52)44(48-46(36-19-7-1-8-20-36,37-21-9-2-10-22-37)38-23-11-3-12-24-38)35-54-47(39-25-13-4-14-26-39,40-27-15-5-16-28-40)41-29-17-6-18-30-41/h1-34,44,48H,35H2/t44-/m0/s1. The van der Waals surface area contributed by atoms with Crippen LogP contribution in [0.2, 0.25) is 0 Å². The number of carbonyl (C=O) groups is 1. The van der Waals surface area contributed by atoms with Gasteiger partial charge in [-0.05, 0) is 45.5 Å². The van der Waals surface area contributed by atoms with Gasteiger partial charge in [-0.1, -0.05) is 182 Å². The molecular weight excluding hydrogens is 689 g/mol. The van der Waals surface area contributed by atoms with Gasteiger partial charge in [0.05, 0.1) is 15.2 Å². The lowest BCUT2D eigenvalue weighted by atomic mass is 9.76. The minimum absolute atomic E-state index is 0.0883. The van der Waals surface area contributed by atoms with Gasteiger partial charge in [0.1, 0.15) is 11.8 Å². The molecule has 0 radical (unpaired) electrons. The summed E-state index contributed by atoms with van der Waals surface area (Å²) in [5.41, 5.74) is 4.96. The number of hydrogen-bond acceptors (Lipinski definition) is 6. The van der Waals surface area contributed by atoms with E-state index in [9.17, 15) is 14.9 Å². The summed E-state index contributed by atoms with van der Waals surface area (Å²) in [5.74, 6) is -0.0298. The molecule has 0 spiro atoms. The summed E-state index contributed by atoms with van der Waals surface area (Å²) in [5, 5.41) is 15.3. The first-order valence-electron chi connectivity index (χ1n) is 17.7. The summed E-state index contributed by atoms with van der Waals surface area (Å²) in [4.78, 5) is 25.7. The summed E-state index contributed by atoms with van der Waals surface area (Å²) in [7, 11) is 0. The van der Waals surface area contributed by atoms with Crippen molar-refractivity contribution >= 4 is 23.4 Å². The highest BCUT2D eigenvalue weighted by atomic mass is 32.2. The zero-order valence-electron chi connectivity index (χ0n) is 29.4. The van der Waals surface area contributed by atoms with E-state index in [2.05, 4.69) is 78.1 Å². The molecule has 0 fully saturated rings. The molecule has 266 valence electrons. The lowest BCUT2D eigenvalue weighted by Gasteiger charge is -2.41. The number of benzene rings is 7. The zero-order valence-corrected chi connectivity index (χ0v) is 30.2. The van der Waals surface area contributed by atoms with Gasteiger partial charge in [-0.15, -0.1) is 11.8 Å². The molecule has 0 amide bonds. The number of carbonyl (C=O) groups excluding carboxylic acids is 1. The first kappa shape index (κ1) is 36.1. The predicted octanol–water partition coefficient (Wildman–Crippen LogP) is 10.2. The van der Waals surface area contributed by atoms with Crippen LogP contribution in [0.25, 0.3) is 0 Å². The van der Waals surface area contributed by atoms with Gasteiger partial charge >= 0.3 is 5.97 Å². The van der Waals surface area contributed by atoms with Gasteiger partial charge in [-0.25, -0.2) is 4.79 Å². The molecule has 6 nitrogen and oxygen atoms in total. The normalized spacial score (nSPS) is 12.1. The molecule has 0 aliphatic carbocycles. The van der Waals surface area contributed by atoms with Crippen LogP contribution in [-0.4, -0.2) is 22.7 Å². The van der Waals surface area contributed by atoms with Gasteiger partial charge < -0.3 is 4.74 Å². The van der Waals surface area contributed by atoms with Crippen molar-refractivity contribution in [2.45, 2.75) is 16.3 Å². The Labute approximate surface area is 319 Å². The molecule has 0 aromatic heterocycles. The lowest BCUT2D eigenvalue weighted by Crippen LogP contribution is -2.55. The molecule has 0 aliphatic heterocycles. The van der Waals surface area contributed by atoms with Crippen LogP contribution in [0.15, 0.2) is 206 Å². The molecule has 7 heteroatoms. The number of rotatable bonds is 14. The predicted molar refractivity (Wildman–Crippen MR) is 217 cm³/mol. The van der Waals surface area contributed by atoms with Gasteiger partial charge in [0.25, 0.3) is 5.69 Å². The monoisotopic (exact) mass is 726 g/mol. The first-order valence-corrected chi connectivity index (χ1v) is 18.7. The van der Waals surface area contributed by atoms with E-state index in [1.165, 1.54) is 24.3 Å². The van der Waals surface area contributed by atoms with Gasteiger partial charge in [0.15, 0.2) is 0 Å². The maximum absolute atomic E-state index is 14.8. The SMILES string of the molecule is O=C(Oc1ccc([N+](=O)[O-])cc1)[C@H](CSC(c1ccccc1)(c1ccccc1)c1ccccc1)NC(c1ccccc1)(c1ccccc1)c1ccccc1. The summed E-state index contributed by atoms with van der Waals surface area (Å²) < 4.78 is 5.39. The van der Waals surface area contributed by atoms with Crippen LogP contribution < -0.4 is 10.1 Å². The maximum Gasteiger partial charge on any atom is 0.329 e. The Bertz CT molecular complexity index is 2060. The third-order valence-electron chi connectivity index (χ3n) is 9.57. The molecule has 0 unspecified atom stereocenters. The highest BCUT2D eigenvalue weighted by Gasteiger charge is 2.43. The fraction of sp³-hybridized carbons (Fsp3) is 0.0851. The fourth-order valence-corrected chi connectivity index (χ4v) is 8.59. The van der Waals surface area contributed by atoms with Crippen LogP contribution in [0.3, 0.4) is 0 Å². The van der Waals surface area contributed by atoms with Crippen molar-refractivity contribution in [1.82, 2.24) is 5.32 Å². The molecule has 7 aromatic carbocycles. The Balaban J connectivity index is 1.40. The Hall–Kier alpha value is -6.28. The van der Waals surface area contributed by atoms with E-state index in [-0.39, 0.29) is 17.2 Å². The van der Waals surface area contributed by atoms with E-state index in [0.717, 1.165) is 33.4 Å². The molecule has 0 aliphatic rings. The number of nitro benzene ring substituents is 1. The van der Waals surface area contributed by atoms with E-state index in [1.807, 2.05) is 109 Å². The minimum Gasteiger partial charge on any atom is -0.425 e. The number of ether oxygens (including phenoxy) is 1. The van der Waals surface area contributed by atoms with Crippen LogP contribution in [-0.2, 0) is 15.1 Å². The summed E-state index contributed by atoms with van der Waals surface area (Å²) >= 11 is 1.66. The van der Waals surface area contributed by atoms with Crippen molar-refractivity contribution < 1.29 is 14.5 Å². The Morgan fingerprint density at radius 1 is 0.537 bits per heavy atom. The van der Waals surface area contributed by atoms with E-state index >= 15 is 0 Å². The molecule has 0 heterocycles. The van der Waals surface area contributed by atoms with Crippen LogP contribution in [0.5, 0.6) is 5.75 Å². The average Bonchev–Trinajstić information content (AvgIpc) is 3.24. The molecule has 0 saturated heterocycles. The summed E-state index contributed by atoms with van der Waals surface area (Å²) in [6.45, 7) is 0. The highest BCUT2D eigenvalue weighted by Crippen LogP contribution is 2.49. The third-order valence-corrected chi connectivity index (χ3v) is 11.2. The summed E-state index contributed by atoms with van der Waals surface area (Å²) in [6, 6.07) is 66.1. The molecule has 0 saturated carbocycles. The highest BCUT2D eigenvalue weighted by molar-refractivity contribution is 8.00. The van der Waals surface area contributed by atoms with Gasteiger partial charge in [-0.3, -0.25) is 15.4 Å². The second kappa shape index (κ2) is 16.6. The first-order chi connectivity index (χ1) is 26.5. The van der Waals surface area contributed by atoms with Crippen molar-refractivity contribution in [3.63, 3.8) is 0 Å². The zero-order chi connectivity index (χ0) is 37.2. The van der Waals surface area contributed by atoms with Crippen LogP contribution in [0.1, 0.15) is 33.4 Å². The van der Waals surface area contributed by atoms with E-state index in [0.29, 0.717) is 0 Å². The van der Waals surface area contributed by atoms with Crippen LogP contribution >= 0.6 is 11.8 Å². The van der Waals surface area contributed by atoms with E-state index in [1.54, 1.807) is 11.8 Å². The average molecular weight is 727 g/mol.